The van der Waals surface area contributed by atoms with Gasteiger partial charge in [0.25, 0.3) is 15.6 Å². The zero-order valence-corrected chi connectivity index (χ0v) is 12.0. The Kier molecular flexibility index (Phi) is 3.99. The first kappa shape index (κ1) is 15.0. The third kappa shape index (κ3) is 3.22. The molecule has 1 aromatic heterocycles. The number of nitrogens with two attached hydrogens (primary N) is 1. The van der Waals surface area contributed by atoms with Crippen molar-refractivity contribution < 1.29 is 12.8 Å². The van der Waals surface area contributed by atoms with Crippen molar-refractivity contribution in [3.8, 4) is 0 Å². The standard InChI is InChI=1S/C13H14FN3O3S/c1-2-17-8-10(4-6-13(17)18)16-21(19,20)12-5-3-9(15)7-11(12)14/h3-8,16H,2,15H2,1H3. The number of aromatic nitrogens is 1. The van der Waals surface area contributed by atoms with E-state index < -0.39 is 20.7 Å². The molecule has 0 aliphatic rings. The maximum absolute atomic E-state index is 13.7. The normalized spacial score (nSPS) is 11.3. The van der Waals surface area contributed by atoms with Crippen LogP contribution in [0.4, 0.5) is 15.8 Å². The Morgan fingerprint density at radius 2 is 2.00 bits per heavy atom. The molecule has 112 valence electrons. The van der Waals surface area contributed by atoms with Gasteiger partial charge in [-0.1, -0.05) is 0 Å². The quantitative estimate of drug-likeness (QED) is 0.834. The summed E-state index contributed by atoms with van der Waals surface area (Å²) in [6.07, 6.45) is 1.36. The zero-order valence-electron chi connectivity index (χ0n) is 11.2. The van der Waals surface area contributed by atoms with E-state index in [1.807, 2.05) is 0 Å². The van der Waals surface area contributed by atoms with Gasteiger partial charge in [0.2, 0.25) is 0 Å². The summed E-state index contributed by atoms with van der Waals surface area (Å²) >= 11 is 0. The highest BCUT2D eigenvalue weighted by Crippen LogP contribution is 2.20. The second kappa shape index (κ2) is 5.57. The van der Waals surface area contributed by atoms with Gasteiger partial charge in [-0.3, -0.25) is 9.52 Å². The second-order valence-electron chi connectivity index (χ2n) is 4.34. The third-order valence-corrected chi connectivity index (χ3v) is 4.24. The summed E-state index contributed by atoms with van der Waals surface area (Å²) < 4.78 is 41.5. The summed E-state index contributed by atoms with van der Waals surface area (Å²) in [5.41, 5.74) is 5.44. The molecule has 0 saturated carbocycles. The van der Waals surface area contributed by atoms with Gasteiger partial charge in [0, 0.05) is 24.5 Å². The van der Waals surface area contributed by atoms with Crippen LogP contribution in [0.5, 0.6) is 0 Å². The van der Waals surface area contributed by atoms with E-state index in [1.165, 1.54) is 29.0 Å². The summed E-state index contributed by atoms with van der Waals surface area (Å²) in [7, 11) is -4.09. The number of hydrogen-bond acceptors (Lipinski definition) is 4. The molecule has 2 aromatic rings. The van der Waals surface area contributed by atoms with E-state index in [2.05, 4.69) is 4.72 Å². The lowest BCUT2D eigenvalue weighted by Gasteiger charge is -2.10. The average molecular weight is 311 g/mol. The minimum absolute atomic E-state index is 0.131. The summed E-state index contributed by atoms with van der Waals surface area (Å²) in [6, 6.07) is 5.87. The van der Waals surface area contributed by atoms with Crippen LogP contribution in [0, 0.1) is 5.82 Å². The van der Waals surface area contributed by atoms with E-state index in [1.54, 1.807) is 6.92 Å². The molecule has 21 heavy (non-hydrogen) atoms. The third-order valence-electron chi connectivity index (χ3n) is 2.82. The van der Waals surface area contributed by atoms with Crippen molar-refractivity contribution in [1.82, 2.24) is 4.57 Å². The van der Waals surface area contributed by atoms with Crippen molar-refractivity contribution in [2.75, 3.05) is 10.5 Å². The molecule has 0 unspecified atom stereocenters. The van der Waals surface area contributed by atoms with Crippen molar-refractivity contribution in [3.05, 3.63) is 52.7 Å². The minimum Gasteiger partial charge on any atom is -0.399 e. The van der Waals surface area contributed by atoms with Crippen LogP contribution in [0.25, 0.3) is 0 Å². The monoisotopic (exact) mass is 311 g/mol. The number of halogens is 1. The predicted molar refractivity (Wildman–Crippen MR) is 78.0 cm³/mol. The topological polar surface area (TPSA) is 94.2 Å². The van der Waals surface area contributed by atoms with Gasteiger partial charge in [0.15, 0.2) is 0 Å². The Morgan fingerprint density at radius 3 is 2.62 bits per heavy atom. The van der Waals surface area contributed by atoms with Crippen LogP contribution in [0.15, 0.2) is 46.2 Å². The predicted octanol–water partition coefficient (Wildman–Crippen LogP) is 1.39. The number of nitrogen functional groups attached to an aromatic ring is 1. The van der Waals surface area contributed by atoms with E-state index in [0.29, 0.717) is 6.54 Å². The minimum atomic E-state index is -4.09. The molecule has 0 spiro atoms. The number of nitrogens with one attached hydrogen (secondary N) is 1. The number of anilines is 2. The van der Waals surface area contributed by atoms with Crippen LogP contribution in [-0.4, -0.2) is 13.0 Å². The number of nitrogens with zero attached hydrogens (tertiary/aromatic N) is 1. The summed E-state index contributed by atoms with van der Waals surface area (Å²) in [5.74, 6) is -0.939. The maximum Gasteiger partial charge on any atom is 0.264 e. The van der Waals surface area contributed by atoms with Gasteiger partial charge in [-0.2, -0.15) is 0 Å². The molecule has 0 bridgehead atoms. The molecule has 0 fully saturated rings. The molecule has 1 aromatic carbocycles. The summed E-state index contributed by atoms with van der Waals surface area (Å²) in [6.45, 7) is 2.14. The molecule has 3 N–H and O–H groups in total. The molecule has 1 heterocycles. The second-order valence-corrected chi connectivity index (χ2v) is 5.99. The molecule has 0 aliphatic heterocycles. The van der Waals surface area contributed by atoms with Crippen molar-refractivity contribution in [3.63, 3.8) is 0 Å². The number of pyridine rings is 1. The SMILES string of the molecule is CCn1cc(NS(=O)(=O)c2ccc(N)cc2F)ccc1=O. The number of aryl methyl sites for hydroxylation is 1. The van der Waals surface area contributed by atoms with Crippen molar-refractivity contribution in [2.24, 2.45) is 0 Å². The van der Waals surface area contributed by atoms with Crippen molar-refractivity contribution in [1.29, 1.82) is 0 Å². The van der Waals surface area contributed by atoms with Crippen LogP contribution in [0.2, 0.25) is 0 Å². The highest BCUT2D eigenvalue weighted by molar-refractivity contribution is 7.92. The van der Waals surface area contributed by atoms with Gasteiger partial charge in [-0.05, 0) is 31.2 Å². The van der Waals surface area contributed by atoms with Gasteiger partial charge in [-0.15, -0.1) is 0 Å². The van der Waals surface area contributed by atoms with Crippen LogP contribution >= 0.6 is 0 Å². The van der Waals surface area contributed by atoms with Crippen molar-refractivity contribution in [2.45, 2.75) is 18.4 Å². The number of benzene rings is 1. The fourth-order valence-corrected chi connectivity index (χ4v) is 2.89. The Hall–Kier alpha value is -2.35. The fourth-order valence-electron chi connectivity index (χ4n) is 1.78. The zero-order chi connectivity index (χ0) is 15.6. The first-order valence-corrected chi connectivity index (χ1v) is 7.60. The fraction of sp³-hybridized carbons (Fsp3) is 0.154. The molecule has 0 atom stereocenters. The molecular weight excluding hydrogens is 297 g/mol. The van der Waals surface area contributed by atoms with E-state index in [9.17, 15) is 17.6 Å². The van der Waals surface area contributed by atoms with Gasteiger partial charge in [0.1, 0.15) is 10.7 Å². The maximum atomic E-state index is 13.7. The smallest absolute Gasteiger partial charge is 0.264 e. The van der Waals surface area contributed by atoms with E-state index in [4.69, 9.17) is 5.73 Å². The van der Waals surface area contributed by atoms with Crippen LogP contribution in [-0.2, 0) is 16.6 Å². The lowest BCUT2D eigenvalue weighted by Crippen LogP contribution is -2.20. The highest BCUT2D eigenvalue weighted by atomic mass is 32.2. The first-order chi connectivity index (χ1) is 9.83. The van der Waals surface area contributed by atoms with E-state index in [0.717, 1.165) is 12.1 Å². The summed E-state index contributed by atoms with van der Waals surface area (Å²) in [4.78, 5) is 10.9. The van der Waals surface area contributed by atoms with Gasteiger partial charge in [0.05, 0.1) is 5.69 Å². The van der Waals surface area contributed by atoms with Crippen LogP contribution in [0.3, 0.4) is 0 Å². The number of sulfonamides is 1. The van der Waals surface area contributed by atoms with Crippen molar-refractivity contribution >= 4 is 21.4 Å². The molecule has 6 nitrogen and oxygen atoms in total. The first-order valence-electron chi connectivity index (χ1n) is 6.12. The Labute approximate surface area is 121 Å². The number of rotatable bonds is 4. The average Bonchev–Trinajstić information content (AvgIpc) is 2.40. The van der Waals surface area contributed by atoms with E-state index >= 15 is 0 Å². The van der Waals surface area contributed by atoms with Gasteiger partial charge < -0.3 is 10.3 Å². The van der Waals surface area contributed by atoms with Crippen LogP contribution in [0.1, 0.15) is 6.92 Å². The Morgan fingerprint density at radius 1 is 1.29 bits per heavy atom. The van der Waals surface area contributed by atoms with Crippen LogP contribution < -0.4 is 16.0 Å². The molecular formula is C13H14FN3O3S. The molecule has 8 heteroatoms. The molecule has 0 aliphatic carbocycles. The lowest BCUT2D eigenvalue weighted by atomic mass is 10.3. The summed E-state index contributed by atoms with van der Waals surface area (Å²) in [5, 5.41) is 0. The lowest BCUT2D eigenvalue weighted by molar-refractivity contribution is 0.570. The Bertz CT molecular complexity index is 831. The molecule has 0 saturated heterocycles. The molecule has 2 rings (SSSR count). The number of hydrogen-bond donors (Lipinski definition) is 2. The van der Waals surface area contributed by atoms with E-state index in [-0.39, 0.29) is 16.9 Å². The highest BCUT2D eigenvalue weighted by Gasteiger charge is 2.19. The largest absolute Gasteiger partial charge is 0.399 e. The molecule has 0 amide bonds. The Balaban J connectivity index is 2.39. The molecule has 0 radical (unpaired) electrons. The van der Waals surface area contributed by atoms with Gasteiger partial charge in [-0.25, -0.2) is 12.8 Å². The van der Waals surface area contributed by atoms with Gasteiger partial charge >= 0.3 is 0 Å².